The van der Waals surface area contributed by atoms with Crippen molar-refractivity contribution in [3.8, 4) is 0 Å². The van der Waals surface area contributed by atoms with Gasteiger partial charge in [0.15, 0.2) is 0 Å². The number of rotatable bonds is 0. The van der Waals surface area contributed by atoms with Crippen LogP contribution >= 0.6 is 24.4 Å². The molecular weight excluding hydrogens is 231 g/mol. The van der Waals surface area contributed by atoms with Crippen LogP contribution in [-0.4, -0.2) is 50.1 Å². The van der Waals surface area contributed by atoms with Crippen molar-refractivity contribution in [1.82, 2.24) is 0 Å². The van der Waals surface area contributed by atoms with Gasteiger partial charge in [-0.05, 0) is 24.4 Å². The van der Waals surface area contributed by atoms with Crippen LogP contribution in [0.4, 0.5) is 0 Å². The topological polar surface area (TPSA) is 92.5 Å². The third kappa shape index (κ3) is 11100. The Balaban J connectivity index is -0.00000000600. The first-order valence-corrected chi connectivity index (χ1v) is 2.25. The van der Waals surface area contributed by atoms with E-state index in [2.05, 4.69) is 35.9 Å². The van der Waals surface area contributed by atoms with Gasteiger partial charge in [-0.15, -0.1) is 0 Å². The third-order valence-corrected chi connectivity index (χ3v) is 0. The van der Waals surface area contributed by atoms with E-state index in [1.807, 2.05) is 0 Å². The molecule has 0 saturated carbocycles. The Hall–Kier alpha value is 0.380. The van der Waals surface area contributed by atoms with Gasteiger partial charge in [0.05, 0.1) is 0 Å². The van der Waals surface area contributed by atoms with Crippen LogP contribution in [0.15, 0.2) is 0 Å². The van der Waals surface area contributed by atoms with Gasteiger partial charge >= 0.3 is 29.6 Å². The summed E-state index contributed by atoms with van der Waals surface area (Å²) in [6.07, 6.45) is 0. The van der Waals surface area contributed by atoms with E-state index >= 15 is 0 Å². The normalized spacial score (nSPS) is 3.43. The molecule has 0 rings (SSSR count). The van der Waals surface area contributed by atoms with E-state index < -0.39 is 10.3 Å². The zero-order valence-corrected chi connectivity index (χ0v) is 5.50. The maximum absolute atomic E-state index is 7.56. The Morgan fingerprint density at radius 1 is 0.714 bits per heavy atom. The summed E-state index contributed by atoms with van der Waals surface area (Å²) < 4.78 is 0. The average Bonchev–Trinajstić information content (AvgIpc) is 1.25. The minimum atomic E-state index is -0.500. The van der Waals surface area contributed by atoms with Crippen molar-refractivity contribution in [1.29, 1.82) is 0 Å². The summed E-state index contributed by atoms with van der Waals surface area (Å²) in [5.74, 6) is 0. The van der Waals surface area contributed by atoms with E-state index in [1.165, 1.54) is 0 Å². The van der Waals surface area contributed by atoms with Crippen LogP contribution in [-0.2, 0) is 0 Å². The van der Waals surface area contributed by atoms with Gasteiger partial charge in [0, 0.05) is 0 Å². The van der Waals surface area contributed by atoms with Crippen LogP contribution in [0, 0.1) is 0 Å². The van der Waals surface area contributed by atoms with Crippen LogP contribution in [0.5, 0.6) is 0 Å². The molecule has 0 unspecified atom stereocenters. The van der Waals surface area contributed by atoms with E-state index in [4.69, 9.17) is 10.2 Å². The Labute approximate surface area is 122 Å². The van der Waals surface area contributed by atoms with Crippen molar-refractivity contribution in [3.63, 3.8) is 0 Å². The van der Waals surface area contributed by atoms with E-state index in [9.17, 15) is 0 Å². The van der Waals surface area contributed by atoms with Gasteiger partial charge in [-0.25, -0.2) is 0 Å². The first-order valence-electron chi connectivity index (χ1n) is 1.43. The van der Waals surface area contributed by atoms with Gasteiger partial charge in [0.25, 0.3) is 10.3 Å². The second-order valence-electron chi connectivity index (χ2n) is 0.676. The van der Waals surface area contributed by atoms with Gasteiger partial charge in [0.2, 0.25) is 0 Å². The number of nitrogens with two attached hydrogens (primary N) is 2. The fourth-order valence-corrected chi connectivity index (χ4v) is 0. The quantitative estimate of drug-likeness (QED) is 0.393. The molecule has 4 nitrogen and oxygen atoms in total. The molecule has 0 amide bonds. The molecule has 0 fully saturated rings. The van der Waals surface area contributed by atoms with Crippen molar-refractivity contribution >= 4 is 64.3 Å². The molecule has 0 saturated heterocycles. The molecule has 0 radical (unpaired) electrons. The standard InChI is InChI=1S/2CH3NOS.5CH4.Na.H/c2*2-1(3)4;;;;;;;/h2*(H3,2,3,4);5*1H4;;. The molecule has 0 atom stereocenters. The van der Waals surface area contributed by atoms with Crippen molar-refractivity contribution < 1.29 is 10.2 Å². The molecule has 0 aromatic rings. The zero-order valence-electron chi connectivity index (χ0n) is 3.87. The Morgan fingerprint density at radius 3 is 0.714 bits per heavy atom. The summed E-state index contributed by atoms with van der Waals surface area (Å²) in [7, 11) is 0. The molecule has 0 heterocycles. The predicted octanol–water partition coefficient (Wildman–Crippen LogP) is 2.11. The molecule has 6 N–H and O–H groups in total. The maximum atomic E-state index is 7.56. The van der Waals surface area contributed by atoms with Gasteiger partial charge in [-0.2, -0.15) is 0 Å². The molecule has 0 spiro atoms. The molecule has 0 bridgehead atoms. The minimum absolute atomic E-state index is 0. The summed E-state index contributed by atoms with van der Waals surface area (Å²) >= 11 is 7.74. The number of hydrogen-bond donors (Lipinski definition) is 4. The monoisotopic (exact) mass is 258 g/mol. The Morgan fingerprint density at radius 2 is 0.714 bits per heavy atom. The zero-order chi connectivity index (χ0) is 7.15. The third-order valence-electron chi connectivity index (χ3n) is 0. The van der Waals surface area contributed by atoms with E-state index in [1.54, 1.807) is 0 Å². The van der Waals surface area contributed by atoms with E-state index in [0.717, 1.165) is 0 Å². The SMILES string of the molecule is C.C.C.C.C.NC(O)=S.NC(O)=S.[NaH]. The second kappa shape index (κ2) is 50.4. The molecule has 7 heteroatoms. The van der Waals surface area contributed by atoms with Gasteiger partial charge < -0.3 is 21.7 Å². The average molecular weight is 258 g/mol. The Kier molecular flexibility index (Phi) is 228. The van der Waals surface area contributed by atoms with Crippen LogP contribution in [0.1, 0.15) is 37.1 Å². The number of thiocarbonyl (C=S) groups is 2. The van der Waals surface area contributed by atoms with Crippen molar-refractivity contribution in [2.24, 2.45) is 11.5 Å². The predicted molar refractivity (Wildman–Crippen MR) is 79.6 cm³/mol. The van der Waals surface area contributed by atoms with Gasteiger partial charge in [-0.1, -0.05) is 37.1 Å². The summed E-state index contributed by atoms with van der Waals surface area (Å²) in [6, 6.07) is 0. The second-order valence-corrected chi connectivity index (χ2v) is 1.51. The first-order chi connectivity index (χ1) is 3.46. The molecule has 0 aromatic heterocycles. The first kappa shape index (κ1) is 63.2. The van der Waals surface area contributed by atoms with Crippen LogP contribution < -0.4 is 11.5 Å². The van der Waals surface area contributed by atoms with Crippen molar-refractivity contribution in [2.75, 3.05) is 0 Å². The molecular formula is C7H27N2NaO2S2. The van der Waals surface area contributed by atoms with Crippen LogP contribution in [0.25, 0.3) is 0 Å². The number of hydrogen-bond acceptors (Lipinski definition) is 2. The van der Waals surface area contributed by atoms with E-state index in [-0.39, 0.29) is 66.7 Å². The number of aliphatic hydroxyl groups is 2. The van der Waals surface area contributed by atoms with Crippen molar-refractivity contribution in [3.05, 3.63) is 0 Å². The molecule has 90 valence electrons. The molecule has 0 aliphatic heterocycles. The van der Waals surface area contributed by atoms with Gasteiger partial charge in [-0.3, -0.25) is 0 Å². The summed E-state index contributed by atoms with van der Waals surface area (Å²) in [6.45, 7) is 0. The molecule has 14 heavy (non-hydrogen) atoms. The summed E-state index contributed by atoms with van der Waals surface area (Å²) in [5.41, 5.74) is 8.80. The fraction of sp³-hybridized carbons (Fsp3) is 0.714. The van der Waals surface area contributed by atoms with Crippen LogP contribution in [0.3, 0.4) is 0 Å². The summed E-state index contributed by atoms with van der Waals surface area (Å²) in [4.78, 5) is 0. The molecule has 0 aliphatic carbocycles. The van der Waals surface area contributed by atoms with Crippen molar-refractivity contribution in [2.45, 2.75) is 37.1 Å². The summed E-state index contributed by atoms with van der Waals surface area (Å²) in [5, 5.41) is 14.1. The number of aliphatic hydroxyl groups excluding tert-OH is 2. The molecule has 0 aliphatic rings. The Bertz CT molecular complexity index is 85.7. The van der Waals surface area contributed by atoms with Gasteiger partial charge in [0.1, 0.15) is 0 Å². The fourth-order valence-electron chi connectivity index (χ4n) is 0. The van der Waals surface area contributed by atoms with Crippen LogP contribution in [0.2, 0.25) is 0 Å². The van der Waals surface area contributed by atoms with E-state index in [0.29, 0.717) is 0 Å². The molecule has 0 aromatic carbocycles.